The number of alkyl halides is 1. The van der Waals surface area contributed by atoms with Gasteiger partial charge < -0.3 is 4.90 Å². The molecule has 0 heterocycles. The smallest absolute Gasteiger partial charge is 0.222 e. The van der Waals surface area contributed by atoms with Crippen molar-refractivity contribution in [1.29, 1.82) is 0 Å². The Morgan fingerprint density at radius 1 is 0.773 bits per heavy atom. The second-order valence-corrected chi connectivity index (χ2v) is 7.29. The summed E-state index contributed by atoms with van der Waals surface area (Å²) in [6, 6.07) is 0. The predicted molar refractivity (Wildman–Crippen MR) is 102 cm³/mol. The highest BCUT2D eigenvalue weighted by atomic mass is 79.9. The second-order valence-electron chi connectivity index (χ2n) is 6.50. The van der Waals surface area contributed by atoms with E-state index >= 15 is 0 Å². The summed E-state index contributed by atoms with van der Waals surface area (Å²) in [5, 5.41) is 1.10. The zero-order chi connectivity index (χ0) is 16.5. The van der Waals surface area contributed by atoms with E-state index in [-0.39, 0.29) is 0 Å². The summed E-state index contributed by atoms with van der Waals surface area (Å²) in [5.74, 6) is 0.337. The van der Waals surface area contributed by atoms with Gasteiger partial charge in [-0.25, -0.2) is 0 Å². The third kappa shape index (κ3) is 14.9. The van der Waals surface area contributed by atoms with E-state index < -0.39 is 0 Å². The van der Waals surface area contributed by atoms with Crippen molar-refractivity contribution < 1.29 is 4.79 Å². The molecule has 0 fully saturated rings. The molecule has 3 heteroatoms. The first-order valence-electron chi connectivity index (χ1n) is 9.52. The minimum absolute atomic E-state index is 0.337. The molecule has 0 unspecified atom stereocenters. The van der Waals surface area contributed by atoms with E-state index in [2.05, 4.69) is 22.9 Å². The van der Waals surface area contributed by atoms with Gasteiger partial charge in [-0.15, -0.1) is 0 Å². The number of hydrogen-bond donors (Lipinski definition) is 0. The molecule has 0 saturated heterocycles. The predicted octanol–water partition coefficient (Wildman–Crippen LogP) is 6.32. The fourth-order valence-electron chi connectivity index (χ4n) is 2.70. The van der Waals surface area contributed by atoms with E-state index in [4.69, 9.17) is 0 Å². The Hall–Kier alpha value is -0.0500. The van der Waals surface area contributed by atoms with Crippen molar-refractivity contribution in [3.63, 3.8) is 0 Å². The lowest BCUT2D eigenvalue weighted by Gasteiger charge is -2.17. The number of carbonyl (C=O) groups is 1. The molecular weight excluding hydrogens is 338 g/mol. The van der Waals surface area contributed by atoms with Gasteiger partial charge in [-0.1, -0.05) is 87.1 Å². The highest BCUT2D eigenvalue weighted by molar-refractivity contribution is 9.09. The first kappa shape index (κ1) is 21.9. The molecule has 0 spiro atoms. The molecule has 22 heavy (non-hydrogen) atoms. The molecule has 0 aliphatic carbocycles. The topological polar surface area (TPSA) is 20.3 Å². The van der Waals surface area contributed by atoms with E-state index in [1.165, 1.54) is 77.0 Å². The molecule has 0 atom stereocenters. The van der Waals surface area contributed by atoms with Gasteiger partial charge >= 0.3 is 0 Å². The molecule has 0 aliphatic heterocycles. The highest BCUT2D eigenvalue weighted by Crippen LogP contribution is 2.10. The van der Waals surface area contributed by atoms with Crippen LogP contribution in [-0.4, -0.2) is 29.7 Å². The minimum atomic E-state index is 0.337. The van der Waals surface area contributed by atoms with Crippen LogP contribution >= 0.6 is 15.9 Å². The number of rotatable bonds is 16. The lowest BCUT2D eigenvalue weighted by atomic mass is 10.1. The maximum atomic E-state index is 12.0. The Kier molecular flexibility index (Phi) is 17.3. The third-order valence-corrected chi connectivity index (χ3v) is 4.86. The first-order chi connectivity index (χ1) is 10.7. The summed E-state index contributed by atoms with van der Waals surface area (Å²) < 4.78 is 0. The monoisotopic (exact) mass is 375 g/mol. The minimum Gasteiger partial charge on any atom is -0.346 e. The molecule has 0 aromatic rings. The third-order valence-electron chi connectivity index (χ3n) is 4.30. The lowest BCUT2D eigenvalue weighted by Crippen LogP contribution is -2.27. The van der Waals surface area contributed by atoms with E-state index in [0.717, 1.165) is 24.7 Å². The van der Waals surface area contributed by atoms with Crippen molar-refractivity contribution in [1.82, 2.24) is 4.90 Å². The van der Waals surface area contributed by atoms with Crippen LogP contribution in [0, 0.1) is 0 Å². The molecule has 0 rings (SSSR count). The molecule has 132 valence electrons. The molecule has 0 N–H and O–H groups in total. The molecule has 0 aliphatic rings. The van der Waals surface area contributed by atoms with Crippen LogP contribution in [0.2, 0.25) is 0 Å². The van der Waals surface area contributed by atoms with Gasteiger partial charge in [0.05, 0.1) is 0 Å². The summed E-state index contributed by atoms with van der Waals surface area (Å²) in [4.78, 5) is 13.9. The van der Waals surface area contributed by atoms with Crippen LogP contribution in [0.1, 0.15) is 96.8 Å². The maximum absolute atomic E-state index is 12.0. The second kappa shape index (κ2) is 17.3. The summed E-state index contributed by atoms with van der Waals surface area (Å²) in [6.07, 6.45) is 17.4. The molecule has 0 saturated carbocycles. The van der Waals surface area contributed by atoms with Crippen LogP contribution in [0.3, 0.4) is 0 Å². The van der Waals surface area contributed by atoms with Crippen LogP contribution in [-0.2, 0) is 4.79 Å². The fraction of sp³-hybridized carbons (Fsp3) is 0.947. The number of hydrogen-bond acceptors (Lipinski definition) is 1. The van der Waals surface area contributed by atoms with Crippen molar-refractivity contribution in [2.24, 2.45) is 0 Å². The van der Waals surface area contributed by atoms with Crippen LogP contribution in [0.25, 0.3) is 0 Å². The molecule has 0 aromatic heterocycles. The zero-order valence-electron chi connectivity index (χ0n) is 15.0. The Morgan fingerprint density at radius 2 is 1.27 bits per heavy atom. The van der Waals surface area contributed by atoms with Crippen molar-refractivity contribution in [2.75, 3.05) is 18.9 Å². The Morgan fingerprint density at radius 3 is 1.86 bits per heavy atom. The summed E-state index contributed by atoms with van der Waals surface area (Å²) in [7, 11) is 1.97. The molecule has 0 radical (unpaired) electrons. The van der Waals surface area contributed by atoms with E-state index in [9.17, 15) is 4.79 Å². The SMILES string of the molecule is CCCCCCCCCCN(C)C(=O)CCCCCCCBr. The normalized spacial score (nSPS) is 10.9. The van der Waals surface area contributed by atoms with E-state index in [1.807, 2.05) is 11.9 Å². The van der Waals surface area contributed by atoms with Gasteiger partial charge in [0.1, 0.15) is 0 Å². The highest BCUT2D eigenvalue weighted by Gasteiger charge is 2.07. The quantitative estimate of drug-likeness (QED) is 0.228. The van der Waals surface area contributed by atoms with Gasteiger partial charge in [-0.2, -0.15) is 0 Å². The molecule has 0 aromatic carbocycles. The average molecular weight is 376 g/mol. The number of unbranched alkanes of at least 4 members (excludes halogenated alkanes) is 11. The fourth-order valence-corrected chi connectivity index (χ4v) is 3.10. The summed E-state index contributed by atoms with van der Waals surface area (Å²) in [5.41, 5.74) is 0. The number of amides is 1. The number of carbonyl (C=O) groups excluding carboxylic acids is 1. The number of halogens is 1. The maximum Gasteiger partial charge on any atom is 0.222 e. The molecule has 2 nitrogen and oxygen atoms in total. The average Bonchev–Trinajstić information content (AvgIpc) is 2.52. The van der Waals surface area contributed by atoms with Gasteiger partial charge in [0.2, 0.25) is 5.91 Å². The molecule has 1 amide bonds. The van der Waals surface area contributed by atoms with Crippen LogP contribution in [0.4, 0.5) is 0 Å². The Bertz CT molecular complexity index is 246. The lowest BCUT2D eigenvalue weighted by molar-refractivity contribution is -0.130. The van der Waals surface area contributed by atoms with Gasteiger partial charge in [0.15, 0.2) is 0 Å². The number of nitrogens with zero attached hydrogens (tertiary/aromatic N) is 1. The largest absolute Gasteiger partial charge is 0.346 e. The molecule has 0 bridgehead atoms. The van der Waals surface area contributed by atoms with Gasteiger partial charge in [0.25, 0.3) is 0 Å². The standard InChI is InChI=1S/C19H38BrNO/c1-3-4-5-6-7-8-12-15-18-21(2)19(22)16-13-10-9-11-14-17-20/h3-18H2,1-2H3. The summed E-state index contributed by atoms with van der Waals surface area (Å²) in [6.45, 7) is 3.20. The molecular formula is C19H38BrNO. The Balaban J connectivity index is 3.35. The van der Waals surface area contributed by atoms with Gasteiger partial charge in [-0.05, 0) is 19.3 Å². The zero-order valence-corrected chi connectivity index (χ0v) is 16.6. The van der Waals surface area contributed by atoms with E-state index in [1.54, 1.807) is 0 Å². The van der Waals surface area contributed by atoms with Gasteiger partial charge in [-0.3, -0.25) is 4.79 Å². The van der Waals surface area contributed by atoms with Crippen molar-refractivity contribution >= 4 is 21.8 Å². The van der Waals surface area contributed by atoms with Crippen LogP contribution in [0.15, 0.2) is 0 Å². The van der Waals surface area contributed by atoms with Crippen molar-refractivity contribution in [2.45, 2.75) is 96.8 Å². The summed E-state index contributed by atoms with van der Waals surface area (Å²) >= 11 is 3.45. The Labute approximate surface area is 147 Å². The van der Waals surface area contributed by atoms with Gasteiger partial charge in [0, 0.05) is 25.3 Å². The van der Waals surface area contributed by atoms with Crippen molar-refractivity contribution in [3.8, 4) is 0 Å². The van der Waals surface area contributed by atoms with Crippen molar-refractivity contribution in [3.05, 3.63) is 0 Å². The first-order valence-corrected chi connectivity index (χ1v) is 10.6. The van der Waals surface area contributed by atoms with Crippen LogP contribution < -0.4 is 0 Å². The van der Waals surface area contributed by atoms with E-state index in [0.29, 0.717) is 5.91 Å². The van der Waals surface area contributed by atoms with Crippen LogP contribution in [0.5, 0.6) is 0 Å².